The van der Waals surface area contributed by atoms with Gasteiger partial charge in [-0.05, 0) is 32.1 Å². The summed E-state index contributed by atoms with van der Waals surface area (Å²) >= 11 is 6.83. The number of nitrogens with one attached hydrogen (secondary N) is 2. The largest absolute Gasteiger partial charge is 0.482 e. The number of H-pyrrole nitrogens is 1. The number of ether oxygens (including phenoxy) is 2. The molecule has 3 aliphatic heterocycles. The molecule has 2 aliphatic carbocycles. The molecule has 35 heavy (non-hydrogen) atoms. The summed E-state index contributed by atoms with van der Waals surface area (Å²) in [6, 6.07) is 1.75. The van der Waals surface area contributed by atoms with Crippen LogP contribution in [0.4, 0.5) is 11.4 Å². The molecule has 1 aromatic carbocycles. The molecular formula is C24H23ClN6O4. The quantitative estimate of drug-likeness (QED) is 0.569. The highest BCUT2D eigenvalue weighted by Crippen LogP contribution is 2.51. The SMILES string of the molecule is CCN1C2=CC3Oc4cc5c(c(Cl)c4NC3CC2=N[C@@H]1O)OC1C=c2c([nH]c(=O)n2CC)=CC1=N5. The molecule has 180 valence electrons. The Balaban J connectivity index is 1.29. The number of aliphatic hydroxyl groups is 1. The third-order valence-corrected chi connectivity index (χ3v) is 7.50. The van der Waals surface area contributed by atoms with E-state index in [0.717, 1.165) is 16.8 Å². The zero-order chi connectivity index (χ0) is 24.0. The van der Waals surface area contributed by atoms with Crippen LogP contribution in [0.2, 0.25) is 5.02 Å². The monoisotopic (exact) mass is 494 g/mol. The smallest absolute Gasteiger partial charge is 0.326 e. The van der Waals surface area contributed by atoms with Crippen LogP contribution in [-0.2, 0) is 6.54 Å². The van der Waals surface area contributed by atoms with Crippen molar-refractivity contribution in [1.29, 1.82) is 0 Å². The molecule has 0 spiro atoms. The predicted octanol–water partition coefficient (Wildman–Crippen LogP) is 0.839. The summed E-state index contributed by atoms with van der Waals surface area (Å²) in [7, 11) is 0. The number of imidazole rings is 1. The van der Waals surface area contributed by atoms with E-state index in [1.165, 1.54) is 0 Å². The molecule has 3 unspecified atom stereocenters. The van der Waals surface area contributed by atoms with Crippen LogP contribution in [0, 0.1) is 0 Å². The van der Waals surface area contributed by atoms with Crippen molar-refractivity contribution in [2.75, 3.05) is 11.9 Å². The molecule has 0 saturated carbocycles. The predicted molar refractivity (Wildman–Crippen MR) is 132 cm³/mol. The van der Waals surface area contributed by atoms with Crippen LogP contribution in [0.3, 0.4) is 0 Å². The molecule has 0 fully saturated rings. The Hall–Kier alpha value is -3.50. The molecule has 4 atom stereocenters. The van der Waals surface area contributed by atoms with Crippen molar-refractivity contribution >= 4 is 46.6 Å². The second-order valence-electron chi connectivity index (χ2n) is 9.07. The number of aromatic nitrogens is 2. The van der Waals surface area contributed by atoms with Crippen LogP contribution < -0.4 is 31.2 Å². The van der Waals surface area contributed by atoms with Gasteiger partial charge in [-0.15, -0.1) is 0 Å². The molecule has 0 amide bonds. The van der Waals surface area contributed by atoms with Gasteiger partial charge in [0, 0.05) is 25.6 Å². The molecule has 10 nitrogen and oxygen atoms in total. The molecule has 11 heteroatoms. The van der Waals surface area contributed by atoms with Gasteiger partial charge in [-0.3, -0.25) is 4.57 Å². The maximum Gasteiger partial charge on any atom is 0.326 e. The van der Waals surface area contributed by atoms with Gasteiger partial charge < -0.3 is 29.8 Å². The summed E-state index contributed by atoms with van der Waals surface area (Å²) in [4.78, 5) is 26.2. The van der Waals surface area contributed by atoms with Gasteiger partial charge in [-0.2, -0.15) is 0 Å². The van der Waals surface area contributed by atoms with Gasteiger partial charge in [-0.1, -0.05) is 11.6 Å². The molecule has 7 rings (SSSR count). The number of aromatic amines is 1. The fourth-order valence-corrected chi connectivity index (χ4v) is 5.75. The maximum absolute atomic E-state index is 12.3. The lowest BCUT2D eigenvalue weighted by Crippen LogP contribution is -2.46. The summed E-state index contributed by atoms with van der Waals surface area (Å²) in [5.41, 5.74) is 3.53. The number of halogens is 1. The number of benzene rings is 1. The van der Waals surface area contributed by atoms with E-state index < -0.39 is 12.5 Å². The molecule has 0 bridgehead atoms. The maximum atomic E-state index is 12.3. The Morgan fingerprint density at radius 1 is 1.26 bits per heavy atom. The summed E-state index contributed by atoms with van der Waals surface area (Å²) in [5.74, 6) is 1.06. The Morgan fingerprint density at radius 3 is 2.91 bits per heavy atom. The van der Waals surface area contributed by atoms with Crippen LogP contribution in [-0.4, -0.2) is 62.1 Å². The minimum Gasteiger partial charge on any atom is -0.482 e. The normalized spacial score (nSPS) is 27.0. The number of rotatable bonds is 2. The van der Waals surface area contributed by atoms with Crippen molar-refractivity contribution in [3.63, 3.8) is 0 Å². The minimum absolute atomic E-state index is 0.0804. The fourth-order valence-electron chi connectivity index (χ4n) is 5.46. The highest BCUT2D eigenvalue weighted by molar-refractivity contribution is 6.36. The highest BCUT2D eigenvalue weighted by atomic mass is 35.5. The first-order valence-electron chi connectivity index (χ1n) is 11.8. The molecule has 2 aromatic rings. The number of hydrogen-bond acceptors (Lipinski definition) is 8. The van der Waals surface area contributed by atoms with Crippen LogP contribution in [0.5, 0.6) is 11.5 Å². The van der Waals surface area contributed by atoms with Gasteiger partial charge in [0.1, 0.15) is 28.3 Å². The first-order valence-corrected chi connectivity index (χ1v) is 12.1. The Bertz CT molecular complexity index is 1570. The van der Waals surface area contributed by atoms with E-state index in [1.54, 1.807) is 4.57 Å². The van der Waals surface area contributed by atoms with Crippen LogP contribution in [0.1, 0.15) is 20.3 Å². The topological polar surface area (TPSA) is 116 Å². The van der Waals surface area contributed by atoms with E-state index >= 15 is 0 Å². The first-order chi connectivity index (χ1) is 16.9. The van der Waals surface area contributed by atoms with Gasteiger partial charge in [0.05, 0.1) is 33.9 Å². The van der Waals surface area contributed by atoms with Gasteiger partial charge >= 0.3 is 5.69 Å². The summed E-state index contributed by atoms with van der Waals surface area (Å²) in [6.45, 7) is 5.11. The number of anilines is 1. The Kier molecular flexibility index (Phi) is 4.32. The Morgan fingerprint density at radius 2 is 2.11 bits per heavy atom. The van der Waals surface area contributed by atoms with Gasteiger partial charge in [-0.25, -0.2) is 14.8 Å². The average molecular weight is 495 g/mol. The van der Waals surface area contributed by atoms with E-state index in [4.69, 9.17) is 26.1 Å². The van der Waals surface area contributed by atoms with Crippen molar-refractivity contribution in [2.45, 2.75) is 51.4 Å². The van der Waals surface area contributed by atoms with E-state index in [1.807, 2.05) is 43.0 Å². The molecule has 1 aromatic heterocycles. The highest BCUT2D eigenvalue weighted by Gasteiger charge is 2.41. The molecule has 0 radical (unpaired) electrons. The molecule has 3 N–H and O–H groups in total. The molecular weight excluding hydrogens is 472 g/mol. The lowest BCUT2D eigenvalue weighted by Gasteiger charge is -2.38. The van der Waals surface area contributed by atoms with Gasteiger partial charge in [0.15, 0.2) is 11.9 Å². The third-order valence-electron chi connectivity index (χ3n) is 7.14. The number of hydrogen-bond donors (Lipinski definition) is 3. The lowest BCUT2D eigenvalue weighted by atomic mass is 9.92. The number of fused-ring (bicyclic) bond motifs is 6. The van der Waals surface area contributed by atoms with Crippen molar-refractivity contribution in [3.05, 3.63) is 44.0 Å². The second kappa shape index (κ2) is 7.25. The van der Waals surface area contributed by atoms with Crippen molar-refractivity contribution in [3.8, 4) is 11.5 Å². The van der Waals surface area contributed by atoms with E-state index in [0.29, 0.717) is 58.5 Å². The average Bonchev–Trinajstić information content (AvgIpc) is 3.32. The fraction of sp³-hybridized carbons (Fsp3) is 0.375. The van der Waals surface area contributed by atoms with Gasteiger partial charge in [0.25, 0.3) is 0 Å². The number of allylic oxidation sites excluding steroid dienone is 1. The van der Waals surface area contributed by atoms with Crippen LogP contribution in [0.25, 0.3) is 12.2 Å². The third kappa shape index (κ3) is 2.90. The molecule has 5 aliphatic rings. The molecule has 4 heterocycles. The van der Waals surface area contributed by atoms with Crippen molar-refractivity contribution in [1.82, 2.24) is 14.5 Å². The van der Waals surface area contributed by atoms with Crippen molar-refractivity contribution < 1.29 is 14.6 Å². The first kappa shape index (κ1) is 20.8. The standard InChI is InChI=1S/C24H23ClN6O4/c1-3-30-15-8-17-13(6-11(15)29-24(30)33)27-21-19(34-17)7-14-22(20(21)25)35-18-9-16-10(5-12(18)26-14)28-23(32)31(16)4-2/h5,7-9,13,17-18,24,27,33H,3-4,6H2,1-2H3,(H,28,32)/t13?,17?,18?,24-/m0/s1. The zero-order valence-electron chi connectivity index (χ0n) is 19.1. The zero-order valence-corrected chi connectivity index (χ0v) is 19.8. The number of aliphatic hydroxyl groups excluding tert-OH is 1. The summed E-state index contributed by atoms with van der Waals surface area (Å²) in [5, 5.41) is 15.7. The lowest BCUT2D eigenvalue weighted by molar-refractivity contribution is 0.0540. The Labute approximate surface area is 204 Å². The van der Waals surface area contributed by atoms with E-state index in [9.17, 15) is 9.90 Å². The molecule has 0 saturated heterocycles. The van der Waals surface area contributed by atoms with Gasteiger partial charge in [0.2, 0.25) is 6.35 Å². The minimum atomic E-state index is -0.858. The summed E-state index contributed by atoms with van der Waals surface area (Å²) < 4.78 is 14.3. The summed E-state index contributed by atoms with van der Waals surface area (Å²) in [6.07, 6.45) is 4.80. The second-order valence-corrected chi connectivity index (χ2v) is 9.45. The van der Waals surface area contributed by atoms with Crippen molar-refractivity contribution in [2.24, 2.45) is 9.98 Å². The number of aliphatic imine (C=N–C) groups is 2. The van der Waals surface area contributed by atoms with E-state index in [2.05, 4.69) is 15.3 Å². The van der Waals surface area contributed by atoms with Crippen LogP contribution >= 0.6 is 11.6 Å². The number of nitrogens with zero attached hydrogens (tertiary/aromatic N) is 4. The van der Waals surface area contributed by atoms with Crippen LogP contribution in [0.15, 0.2) is 32.6 Å². The van der Waals surface area contributed by atoms with E-state index in [-0.39, 0.29) is 17.8 Å².